The van der Waals surface area contributed by atoms with Gasteiger partial charge in [0.05, 0.1) is 24.8 Å². The maximum absolute atomic E-state index is 12.8. The minimum atomic E-state index is -0.455. The summed E-state index contributed by atoms with van der Waals surface area (Å²) >= 11 is 3.01. The van der Waals surface area contributed by atoms with E-state index in [0.29, 0.717) is 34.5 Å². The fraction of sp³-hybridized carbons (Fsp3) is 0.421. The third-order valence-corrected chi connectivity index (χ3v) is 7.43. The summed E-state index contributed by atoms with van der Waals surface area (Å²) < 4.78 is 10.7. The van der Waals surface area contributed by atoms with E-state index in [1.807, 2.05) is 30.5 Å². The highest BCUT2D eigenvalue weighted by molar-refractivity contribution is 8.01. The summed E-state index contributed by atoms with van der Waals surface area (Å²) in [5.74, 6) is 1.84. The molecule has 28 heavy (non-hydrogen) atoms. The molecule has 4 rings (SSSR count). The number of ether oxygens (including phenoxy) is 2. The Labute approximate surface area is 171 Å². The Balaban J connectivity index is 1.53. The number of nitrogens with zero attached hydrogens (tertiary/aromatic N) is 2. The second-order valence-electron chi connectivity index (χ2n) is 6.86. The third-order valence-electron chi connectivity index (χ3n) is 5.16. The molecule has 2 aromatic rings. The number of fused-ring (bicyclic) bond motifs is 1. The molecule has 2 fully saturated rings. The highest BCUT2D eigenvalue weighted by atomic mass is 32.2. The zero-order valence-electron chi connectivity index (χ0n) is 15.9. The van der Waals surface area contributed by atoms with Gasteiger partial charge in [-0.15, -0.1) is 23.1 Å². The van der Waals surface area contributed by atoms with Crippen LogP contribution in [0.25, 0.3) is 11.3 Å². The van der Waals surface area contributed by atoms with E-state index in [2.05, 4.69) is 10.3 Å². The van der Waals surface area contributed by atoms with Crippen molar-refractivity contribution in [3.63, 3.8) is 0 Å². The molecule has 1 aromatic carbocycles. The van der Waals surface area contributed by atoms with Crippen LogP contribution in [0.15, 0.2) is 23.6 Å². The quantitative estimate of drug-likeness (QED) is 0.802. The van der Waals surface area contributed by atoms with Gasteiger partial charge in [0.25, 0.3) is 0 Å². The predicted octanol–water partition coefficient (Wildman–Crippen LogP) is 3.22. The second kappa shape index (κ2) is 7.29. The number of nitrogens with one attached hydrogen (secondary N) is 1. The van der Waals surface area contributed by atoms with Gasteiger partial charge in [0.1, 0.15) is 17.5 Å². The van der Waals surface area contributed by atoms with Crippen molar-refractivity contribution in [2.75, 3.05) is 25.3 Å². The summed E-state index contributed by atoms with van der Waals surface area (Å²) in [5.41, 5.74) is 1.48. The molecule has 1 N–H and O–H groups in total. The van der Waals surface area contributed by atoms with E-state index in [-0.39, 0.29) is 16.7 Å². The molecule has 2 atom stereocenters. The van der Waals surface area contributed by atoms with Crippen molar-refractivity contribution in [2.45, 2.75) is 30.7 Å². The zero-order valence-corrected chi connectivity index (χ0v) is 17.5. The van der Waals surface area contributed by atoms with Gasteiger partial charge < -0.3 is 19.7 Å². The normalized spacial score (nSPS) is 23.6. The minimum absolute atomic E-state index is 0.0496. The molecule has 7 nitrogen and oxygen atoms in total. The fourth-order valence-electron chi connectivity index (χ4n) is 3.67. The van der Waals surface area contributed by atoms with Gasteiger partial charge in [-0.3, -0.25) is 9.59 Å². The van der Waals surface area contributed by atoms with Crippen LogP contribution < -0.4 is 14.8 Å². The van der Waals surface area contributed by atoms with Crippen LogP contribution >= 0.6 is 23.1 Å². The molecule has 2 saturated heterocycles. The van der Waals surface area contributed by atoms with E-state index >= 15 is 0 Å². The predicted molar refractivity (Wildman–Crippen MR) is 110 cm³/mol. The number of hydrogen-bond acceptors (Lipinski definition) is 7. The number of amides is 2. The van der Waals surface area contributed by atoms with Gasteiger partial charge in [-0.05, 0) is 31.5 Å². The number of anilines is 1. The Morgan fingerprint density at radius 3 is 2.93 bits per heavy atom. The number of aromatic nitrogens is 1. The lowest BCUT2D eigenvalue weighted by Crippen LogP contribution is -2.48. The molecule has 9 heteroatoms. The van der Waals surface area contributed by atoms with Gasteiger partial charge in [-0.1, -0.05) is 0 Å². The Hall–Kier alpha value is -2.26. The first-order valence-corrected chi connectivity index (χ1v) is 10.8. The zero-order chi connectivity index (χ0) is 19.9. The van der Waals surface area contributed by atoms with E-state index in [4.69, 9.17) is 9.47 Å². The molecule has 2 aliphatic heterocycles. The van der Waals surface area contributed by atoms with Gasteiger partial charge in [-0.2, -0.15) is 0 Å². The van der Waals surface area contributed by atoms with Crippen LogP contribution in [0.2, 0.25) is 0 Å². The van der Waals surface area contributed by atoms with Gasteiger partial charge >= 0.3 is 0 Å². The molecule has 2 amide bonds. The molecule has 3 heterocycles. The maximum atomic E-state index is 12.8. The lowest BCUT2D eigenvalue weighted by atomic mass is 10.1. The fourth-order valence-corrected chi connectivity index (χ4v) is 5.82. The van der Waals surface area contributed by atoms with Crippen molar-refractivity contribution < 1.29 is 19.1 Å². The van der Waals surface area contributed by atoms with Crippen molar-refractivity contribution >= 4 is 40.0 Å². The lowest BCUT2D eigenvalue weighted by molar-refractivity contribution is -0.135. The summed E-state index contributed by atoms with van der Waals surface area (Å²) in [7, 11) is 3.20. The lowest BCUT2D eigenvalue weighted by Gasteiger charge is -2.29. The summed E-state index contributed by atoms with van der Waals surface area (Å²) in [6.45, 7) is 2.03. The Bertz CT molecular complexity index is 932. The van der Waals surface area contributed by atoms with Crippen LogP contribution in [-0.2, 0) is 9.59 Å². The van der Waals surface area contributed by atoms with Gasteiger partial charge in [0, 0.05) is 23.1 Å². The maximum Gasteiger partial charge on any atom is 0.249 e. The molecular formula is C19H21N3O4S2. The van der Waals surface area contributed by atoms with Gasteiger partial charge in [0.15, 0.2) is 5.13 Å². The SMILES string of the molecule is COc1ccc(OC)c(-c2csc(NC(=O)[C@H]3CS[C@@]4(C)CCC(=O)N34)n2)c1. The number of thioether (sulfide) groups is 1. The van der Waals surface area contributed by atoms with Crippen LogP contribution in [0.5, 0.6) is 11.5 Å². The number of carbonyl (C=O) groups excluding carboxylic acids is 2. The average Bonchev–Trinajstić information content (AvgIpc) is 3.37. The van der Waals surface area contributed by atoms with E-state index in [9.17, 15) is 9.59 Å². The van der Waals surface area contributed by atoms with E-state index < -0.39 is 6.04 Å². The van der Waals surface area contributed by atoms with E-state index in [0.717, 1.165) is 12.0 Å². The molecule has 1 aromatic heterocycles. The Kier molecular flexibility index (Phi) is 4.96. The highest BCUT2D eigenvalue weighted by Crippen LogP contribution is 2.47. The number of thiazole rings is 1. The van der Waals surface area contributed by atoms with E-state index in [1.165, 1.54) is 11.3 Å². The molecule has 0 unspecified atom stereocenters. The first-order valence-electron chi connectivity index (χ1n) is 8.90. The molecule has 148 valence electrons. The first kappa shape index (κ1) is 19.1. The topological polar surface area (TPSA) is 80.8 Å². The van der Waals surface area contributed by atoms with Crippen LogP contribution in [-0.4, -0.2) is 52.6 Å². The number of carbonyl (C=O) groups is 2. The van der Waals surface area contributed by atoms with Crippen molar-refractivity contribution in [3.8, 4) is 22.8 Å². The Morgan fingerprint density at radius 2 is 2.18 bits per heavy atom. The number of hydrogen-bond donors (Lipinski definition) is 1. The molecule has 0 spiro atoms. The van der Waals surface area contributed by atoms with Crippen molar-refractivity contribution in [1.29, 1.82) is 0 Å². The third kappa shape index (κ3) is 3.22. The monoisotopic (exact) mass is 419 g/mol. The first-order chi connectivity index (χ1) is 13.4. The molecule has 0 bridgehead atoms. The molecular weight excluding hydrogens is 398 g/mol. The summed E-state index contributed by atoms with van der Waals surface area (Å²) in [4.78, 5) is 31.1. The van der Waals surface area contributed by atoms with Crippen LogP contribution in [0, 0.1) is 0 Å². The summed E-state index contributed by atoms with van der Waals surface area (Å²) in [6, 6.07) is 5.03. The van der Waals surface area contributed by atoms with Crippen LogP contribution in [0.1, 0.15) is 19.8 Å². The Morgan fingerprint density at radius 1 is 1.36 bits per heavy atom. The van der Waals surface area contributed by atoms with Gasteiger partial charge in [0.2, 0.25) is 11.8 Å². The highest BCUT2D eigenvalue weighted by Gasteiger charge is 2.52. The number of benzene rings is 1. The number of rotatable bonds is 5. The van der Waals surface area contributed by atoms with Crippen molar-refractivity contribution in [1.82, 2.24) is 9.88 Å². The molecule has 2 aliphatic rings. The second-order valence-corrected chi connectivity index (χ2v) is 9.22. The van der Waals surface area contributed by atoms with Crippen molar-refractivity contribution in [2.24, 2.45) is 0 Å². The molecule has 0 saturated carbocycles. The smallest absolute Gasteiger partial charge is 0.249 e. The number of methoxy groups -OCH3 is 2. The van der Waals surface area contributed by atoms with Gasteiger partial charge in [-0.25, -0.2) is 4.98 Å². The van der Waals surface area contributed by atoms with Crippen LogP contribution in [0.4, 0.5) is 5.13 Å². The summed E-state index contributed by atoms with van der Waals surface area (Å²) in [6.07, 6.45) is 1.29. The largest absolute Gasteiger partial charge is 0.497 e. The summed E-state index contributed by atoms with van der Waals surface area (Å²) in [5, 5.41) is 5.24. The van der Waals surface area contributed by atoms with Crippen molar-refractivity contribution in [3.05, 3.63) is 23.6 Å². The minimum Gasteiger partial charge on any atom is -0.497 e. The standard InChI is InChI=1S/C19H21N3O4S2/c1-19-7-6-16(23)22(19)14(10-28-19)17(24)21-18-20-13(9-27-18)12-8-11(25-2)4-5-15(12)26-3/h4-5,8-9,14H,6-7,10H2,1-3H3,(H,20,21,24)/t14-,19+/m1/s1. The van der Waals surface area contributed by atoms with Crippen LogP contribution in [0.3, 0.4) is 0 Å². The van der Waals surface area contributed by atoms with E-state index in [1.54, 1.807) is 30.9 Å². The molecule has 0 aliphatic carbocycles. The average molecular weight is 420 g/mol. The molecule has 0 radical (unpaired) electrons.